The van der Waals surface area contributed by atoms with E-state index in [2.05, 4.69) is 15.3 Å². The Morgan fingerprint density at radius 1 is 1.16 bits per heavy atom. The van der Waals surface area contributed by atoms with Gasteiger partial charge < -0.3 is 4.98 Å². The van der Waals surface area contributed by atoms with Crippen LogP contribution in [0.15, 0.2) is 35.4 Å². The molecule has 0 atom stereocenters. The third-order valence-corrected chi connectivity index (χ3v) is 3.85. The van der Waals surface area contributed by atoms with Gasteiger partial charge in [-0.1, -0.05) is 28.4 Å². The Labute approximate surface area is 146 Å². The number of alkyl halides is 3. The first-order valence-electron chi connectivity index (χ1n) is 6.55. The van der Waals surface area contributed by atoms with Gasteiger partial charge in [0.1, 0.15) is 0 Å². The van der Waals surface area contributed by atoms with Gasteiger partial charge in [0.25, 0.3) is 0 Å². The first-order chi connectivity index (χ1) is 11.7. The summed E-state index contributed by atoms with van der Waals surface area (Å²) >= 11 is 11.8. The van der Waals surface area contributed by atoms with E-state index < -0.39 is 23.2 Å². The zero-order valence-electron chi connectivity index (χ0n) is 11.9. The minimum Gasteiger partial charge on any atom is -0.328 e. The summed E-state index contributed by atoms with van der Waals surface area (Å²) < 4.78 is 53.5. The average molecular weight is 393 g/mol. The molecular weight excluding hydrogens is 387 g/mol. The largest absolute Gasteiger partial charge is 0.436 e. The van der Waals surface area contributed by atoms with Crippen LogP contribution in [0.2, 0.25) is 10.0 Å². The van der Waals surface area contributed by atoms with Crippen LogP contribution in [0.25, 0.3) is 16.8 Å². The maximum atomic E-state index is 14.6. The number of hydrogen-bond acceptors (Lipinski definition) is 3. The number of aromatic nitrogens is 4. The second-order valence-corrected chi connectivity index (χ2v) is 5.67. The van der Waals surface area contributed by atoms with Gasteiger partial charge in [0.05, 0.1) is 21.9 Å². The van der Waals surface area contributed by atoms with E-state index in [9.17, 15) is 22.4 Å². The molecular formula is C14H6Cl2F4N4O. The number of pyridine rings is 1. The lowest BCUT2D eigenvalue weighted by Gasteiger charge is -2.12. The van der Waals surface area contributed by atoms with Crippen molar-refractivity contribution in [2.75, 3.05) is 0 Å². The van der Waals surface area contributed by atoms with Crippen LogP contribution in [0.3, 0.4) is 0 Å². The Bertz CT molecular complexity index is 1010. The molecule has 0 radical (unpaired) electrons. The first kappa shape index (κ1) is 17.4. The van der Waals surface area contributed by atoms with Gasteiger partial charge in [-0.25, -0.2) is 9.07 Å². The minimum absolute atomic E-state index is 0.0295. The summed E-state index contributed by atoms with van der Waals surface area (Å²) in [5, 5.41) is 6.06. The minimum atomic E-state index is -4.72. The maximum absolute atomic E-state index is 14.6. The molecule has 3 aromatic rings. The molecule has 2 aromatic heterocycles. The van der Waals surface area contributed by atoms with Crippen LogP contribution in [0.1, 0.15) is 5.69 Å². The number of benzene rings is 1. The second-order valence-electron chi connectivity index (χ2n) is 4.86. The first-order valence-corrected chi connectivity index (χ1v) is 7.30. The molecule has 25 heavy (non-hydrogen) atoms. The number of rotatable bonds is 2. The highest BCUT2D eigenvalue weighted by Gasteiger charge is 2.35. The Kier molecular flexibility index (Phi) is 4.29. The van der Waals surface area contributed by atoms with E-state index in [-0.39, 0.29) is 26.9 Å². The van der Waals surface area contributed by atoms with E-state index >= 15 is 0 Å². The molecule has 11 heteroatoms. The topological polar surface area (TPSA) is 63.6 Å². The lowest BCUT2D eigenvalue weighted by molar-refractivity contribution is -0.141. The SMILES string of the molecule is O=c1cc(-c2c(-n3cc(C(F)(F)F)nn3)ccc(Cl)c2F)c(Cl)c[nH]1. The van der Waals surface area contributed by atoms with Crippen molar-refractivity contribution in [1.29, 1.82) is 0 Å². The van der Waals surface area contributed by atoms with Crippen molar-refractivity contribution in [2.24, 2.45) is 0 Å². The lowest BCUT2D eigenvalue weighted by atomic mass is 10.0. The summed E-state index contributed by atoms with van der Waals surface area (Å²) in [7, 11) is 0. The van der Waals surface area contributed by atoms with Crippen LogP contribution in [0.4, 0.5) is 17.6 Å². The van der Waals surface area contributed by atoms with Crippen LogP contribution in [0.5, 0.6) is 0 Å². The lowest BCUT2D eigenvalue weighted by Crippen LogP contribution is -2.07. The van der Waals surface area contributed by atoms with E-state index in [0.29, 0.717) is 6.20 Å². The van der Waals surface area contributed by atoms with Gasteiger partial charge in [-0.3, -0.25) is 4.79 Å². The molecule has 1 aromatic carbocycles. The standard InChI is InChI=1S/C14H6Cl2F4N4O/c15-7-1-2-9(24-5-10(22-23-24)14(18,19)20)12(13(7)17)6-3-11(25)21-4-8(6)16/h1-5H,(H,21,25). The van der Waals surface area contributed by atoms with Crippen molar-refractivity contribution in [2.45, 2.75) is 6.18 Å². The number of halogens is 6. The zero-order chi connectivity index (χ0) is 18.4. The Morgan fingerprint density at radius 3 is 2.52 bits per heavy atom. The van der Waals surface area contributed by atoms with E-state index in [1.807, 2.05) is 0 Å². The van der Waals surface area contributed by atoms with Crippen LogP contribution in [0, 0.1) is 5.82 Å². The summed E-state index contributed by atoms with van der Waals surface area (Å²) in [6.07, 6.45) is -3.00. The highest BCUT2D eigenvalue weighted by Crippen LogP contribution is 2.37. The van der Waals surface area contributed by atoms with Crippen molar-refractivity contribution in [1.82, 2.24) is 20.0 Å². The van der Waals surface area contributed by atoms with Crippen molar-refractivity contribution >= 4 is 23.2 Å². The van der Waals surface area contributed by atoms with Gasteiger partial charge >= 0.3 is 6.18 Å². The van der Waals surface area contributed by atoms with Gasteiger partial charge in [0, 0.05) is 23.4 Å². The Hall–Kier alpha value is -2.39. The van der Waals surface area contributed by atoms with Gasteiger partial charge in [-0.05, 0) is 12.1 Å². The Morgan fingerprint density at radius 2 is 1.88 bits per heavy atom. The number of nitrogens with zero attached hydrogens (tertiary/aromatic N) is 3. The molecule has 0 aliphatic carbocycles. The van der Waals surface area contributed by atoms with Crippen LogP contribution >= 0.6 is 23.2 Å². The third kappa shape index (κ3) is 3.24. The molecule has 130 valence electrons. The molecule has 0 fully saturated rings. The monoisotopic (exact) mass is 392 g/mol. The van der Waals surface area contributed by atoms with E-state index in [1.165, 1.54) is 6.07 Å². The zero-order valence-corrected chi connectivity index (χ0v) is 13.4. The van der Waals surface area contributed by atoms with Crippen LogP contribution < -0.4 is 5.56 Å². The molecule has 1 N–H and O–H groups in total. The number of hydrogen-bond donors (Lipinski definition) is 1. The van der Waals surface area contributed by atoms with Gasteiger partial charge in [-0.15, -0.1) is 5.10 Å². The van der Waals surface area contributed by atoms with Crippen molar-refractivity contribution in [3.05, 3.63) is 62.5 Å². The molecule has 0 amide bonds. The maximum Gasteiger partial charge on any atom is 0.436 e. The summed E-state index contributed by atoms with van der Waals surface area (Å²) in [4.78, 5) is 13.8. The van der Waals surface area contributed by atoms with E-state index in [1.54, 1.807) is 0 Å². The van der Waals surface area contributed by atoms with E-state index in [0.717, 1.165) is 23.0 Å². The fourth-order valence-corrected chi connectivity index (χ4v) is 2.51. The molecule has 0 saturated carbocycles. The summed E-state index contributed by atoms with van der Waals surface area (Å²) in [5.41, 5.74) is -2.28. The number of H-pyrrole nitrogens is 1. The predicted molar refractivity (Wildman–Crippen MR) is 82.4 cm³/mol. The molecule has 5 nitrogen and oxygen atoms in total. The second kappa shape index (κ2) is 6.16. The van der Waals surface area contributed by atoms with Crippen molar-refractivity contribution in [3.8, 4) is 16.8 Å². The van der Waals surface area contributed by atoms with Gasteiger partial charge in [0.15, 0.2) is 11.5 Å². The highest BCUT2D eigenvalue weighted by molar-refractivity contribution is 6.34. The summed E-state index contributed by atoms with van der Waals surface area (Å²) in [6, 6.07) is 3.39. The Balaban J connectivity index is 2.29. The van der Waals surface area contributed by atoms with E-state index in [4.69, 9.17) is 23.2 Å². The van der Waals surface area contributed by atoms with Gasteiger partial charge in [-0.2, -0.15) is 13.2 Å². The predicted octanol–water partition coefficient (Wildman–Crippen LogP) is 4.09. The third-order valence-electron chi connectivity index (χ3n) is 3.25. The normalized spacial score (nSPS) is 11.8. The fourth-order valence-electron chi connectivity index (χ4n) is 2.14. The molecule has 0 spiro atoms. The number of nitrogens with one attached hydrogen (secondary N) is 1. The highest BCUT2D eigenvalue weighted by atomic mass is 35.5. The fraction of sp³-hybridized carbons (Fsp3) is 0.0714. The molecule has 0 unspecified atom stereocenters. The molecule has 2 heterocycles. The van der Waals surface area contributed by atoms with Crippen LogP contribution in [-0.4, -0.2) is 20.0 Å². The molecule has 0 aliphatic heterocycles. The van der Waals surface area contributed by atoms with Crippen LogP contribution in [-0.2, 0) is 6.18 Å². The average Bonchev–Trinajstić information content (AvgIpc) is 3.02. The number of aromatic amines is 1. The smallest absolute Gasteiger partial charge is 0.328 e. The van der Waals surface area contributed by atoms with Crippen molar-refractivity contribution < 1.29 is 17.6 Å². The summed E-state index contributed by atoms with van der Waals surface area (Å²) in [5.74, 6) is -0.962. The quantitative estimate of drug-likeness (QED) is 0.668. The molecule has 3 rings (SSSR count). The summed E-state index contributed by atoms with van der Waals surface area (Å²) in [6.45, 7) is 0. The molecule has 0 aliphatic rings. The van der Waals surface area contributed by atoms with Gasteiger partial charge in [0.2, 0.25) is 5.56 Å². The molecule has 0 saturated heterocycles. The molecule has 0 bridgehead atoms. The van der Waals surface area contributed by atoms with Crippen molar-refractivity contribution in [3.63, 3.8) is 0 Å².